The van der Waals surface area contributed by atoms with Crippen LogP contribution in [0.15, 0.2) is 43.0 Å². The van der Waals surface area contributed by atoms with E-state index < -0.39 is 17.7 Å². The van der Waals surface area contributed by atoms with Crippen LogP contribution in [0.3, 0.4) is 0 Å². The van der Waals surface area contributed by atoms with E-state index in [1.54, 1.807) is 23.0 Å². The molecule has 0 fully saturated rings. The number of aromatic nitrogens is 4. The number of nitrogens with zero attached hydrogens (tertiary/aromatic N) is 4. The zero-order valence-electron chi connectivity index (χ0n) is 14.4. The molecular formula is C18H16FN5O3. The van der Waals surface area contributed by atoms with Crippen molar-refractivity contribution in [1.82, 2.24) is 19.7 Å². The molecule has 9 heteroatoms. The fourth-order valence-electron chi connectivity index (χ4n) is 2.52. The molecule has 0 aliphatic rings. The molecule has 0 bridgehead atoms. The van der Waals surface area contributed by atoms with E-state index in [9.17, 15) is 19.1 Å². The molecule has 2 heterocycles. The van der Waals surface area contributed by atoms with Crippen LogP contribution in [0.4, 0.5) is 10.1 Å². The van der Waals surface area contributed by atoms with Crippen molar-refractivity contribution in [1.29, 1.82) is 0 Å². The number of carboxylic acids is 1. The molecule has 2 N–H and O–H groups in total. The number of aryl methyl sites for hydroxylation is 1. The maximum Gasteiger partial charge on any atom is 0.337 e. The third-order valence-electron chi connectivity index (χ3n) is 3.84. The summed E-state index contributed by atoms with van der Waals surface area (Å²) < 4.78 is 15.8. The molecule has 0 radical (unpaired) electrons. The molecule has 3 rings (SSSR count). The van der Waals surface area contributed by atoms with Crippen LogP contribution in [0.1, 0.15) is 39.8 Å². The second-order valence-electron chi connectivity index (χ2n) is 5.75. The lowest BCUT2D eigenvalue weighted by atomic mass is 10.0. The summed E-state index contributed by atoms with van der Waals surface area (Å²) in [5.41, 5.74) is -0.0628. The van der Waals surface area contributed by atoms with Crippen molar-refractivity contribution in [3.05, 3.63) is 65.6 Å². The molecule has 0 atom stereocenters. The highest BCUT2D eigenvalue weighted by Gasteiger charge is 2.18. The largest absolute Gasteiger partial charge is 0.478 e. The number of hydrogen-bond donors (Lipinski definition) is 2. The molecular weight excluding hydrogens is 353 g/mol. The molecule has 0 unspecified atom stereocenters. The number of hydrogen-bond acceptors (Lipinski definition) is 5. The summed E-state index contributed by atoms with van der Waals surface area (Å²) in [6.07, 6.45) is 5.85. The fourth-order valence-corrected chi connectivity index (χ4v) is 2.52. The van der Waals surface area contributed by atoms with Crippen molar-refractivity contribution < 1.29 is 19.1 Å². The molecule has 3 aromatic rings. The summed E-state index contributed by atoms with van der Waals surface area (Å²) >= 11 is 0. The van der Waals surface area contributed by atoms with Crippen molar-refractivity contribution in [3.8, 4) is 5.82 Å². The molecule has 0 saturated heterocycles. The number of amides is 1. The number of anilines is 1. The van der Waals surface area contributed by atoms with Gasteiger partial charge in [0.25, 0.3) is 5.91 Å². The van der Waals surface area contributed by atoms with Gasteiger partial charge in [0.1, 0.15) is 12.1 Å². The van der Waals surface area contributed by atoms with Gasteiger partial charge in [-0.1, -0.05) is 13.3 Å². The Balaban J connectivity index is 1.85. The topological polar surface area (TPSA) is 110 Å². The van der Waals surface area contributed by atoms with Gasteiger partial charge in [-0.25, -0.2) is 14.2 Å². The third kappa shape index (κ3) is 3.97. The Morgan fingerprint density at radius 1 is 1.26 bits per heavy atom. The lowest BCUT2D eigenvalue weighted by Gasteiger charge is -2.11. The molecule has 138 valence electrons. The maximum absolute atomic E-state index is 14.2. The highest BCUT2D eigenvalue weighted by molar-refractivity contribution is 6.06. The first kappa shape index (κ1) is 18.2. The summed E-state index contributed by atoms with van der Waals surface area (Å²) in [6, 6.07) is 5.25. The van der Waals surface area contributed by atoms with E-state index in [1.165, 1.54) is 18.5 Å². The summed E-state index contributed by atoms with van der Waals surface area (Å²) in [4.78, 5) is 27.7. The van der Waals surface area contributed by atoms with Gasteiger partial charge < -0.3 is 10.4 Å². The van der Waals surface area contributed by atoms with Crippen LogP contribution in [-0.4, -0.2) is 36.7 Å². The van der Waals surface area contributed by atoms with E-state index in [0.717, 1.165) is 6.07 Å². The Hall–Kier alpha value is -3.62. The average Bonchev–Trinajstić information content (AvgIpc) is 3.18. The first-order valence-corrected chi connectivity index (χ1v) is 8.18. The van der Waals surface area contributed by atoms with Crippen molar-refractivity contribution >= 4 is 17.6 Å². The van der Waals surface area contributed by atoms with E-state index in [-0.39, 0.29) is 22.5 Å². The number of carbonyl (C=O) groups is 2. The van der Waals surface area contributed by atoms with Gasteiger partial charge in [0, 0.05) is 12.4 Å². The Bertz CT molecular complexity index is 971. The number of carboxylic acid groups (broad SMARTS) is 1. The van der Waals surface area contributed by atoms with Crippen LogP contribution in [0, 0.1) is 5.82 Å². The van der Waals surface area contributed by atoms with Gasteiger partial charge in [0.2, 0.25) is 0 Å². The Labute approximate surface area is 153 Å². The molecule has 1 amide bonds. The fraction of sp³-hybridized carbons (Fsp3) is 0.167. The smallest absolute Gasteiger partial charge is 0.337 e. The standard InChI is InChI=1S/C18H16FN5O3/c1-2-3-11-8-12(18(26)27)15(9-13(11)19)21-17(25)14-4-5-16(23-22-14)24-7-6-20-10-24/h4-10H,2-3H2,1H3,(H,21,25)(H,26,27). The zero-order valence-corrected chi connectivity index (χ0v) is 14.4. The number of halogens is 1. The van der Waals surface area contributed by atoms with Crippen LogP contribution < -0.4 is 5.32 Å². The lowest BCUT2D eigenvalue weighted by molar-refractivity contribution is 0.0698. The molecule has 8 nitrogen and oxygen atoms in total. The predicted octanol–water partition coefficient (Wildman–Crippen LogP) is 2.70. The SMILES string of the molecule is CCCc1cc(C(=O)O)c(NC(=O)c2ccc(-n3ccnc3)nn2)cc1F. The van der Waals surface area contributed by atoms with E-state index >= 15 is 0 Å². The normalized spacial score (nSPS) is 10.6. The molecule has 0 aliphatic carbocycles. The van der Waals surface area contributed by atoms with Crippen molar-refractivity contribution in [2.24, 2.45) is 0 Å². The van der Waals surface area contributed by atoms with Gasteiger partial charge in [-0.3, -0.25) is 9.36 Å². The second kappa shape index (κ2) is 7.73. The van der Waals surface area contributed by atoms with Crippen LogP contribution in [-0.2, 0) is 6.42 Å². The molecule has 27 heavy (non-hydrogen) atoms. The number of carbonyl (C=O) groups excluding carboxylic acids is 1. The predicted molar refractivity (Wildman–Crippen MR) is 94.5 cm³/mol. The highest BCUT2D eigenvalue weighted by Crippen LogP contribution is 2.23. The molecule has 0 saturated carbocycles. The Morgan fingerprint density at radius 2 is 2.07 bits per heavy atom. The van der Waals surface area contributed by atoms with Crippen molar-refractivity contribution in [3.63, 3.8) is 0 Å². The average molecular weight is 369 g/mol. The van der Waals surface area contributed by atoms with Gasteiger partial charge in [-0.15, -0.1) is 10.2 Å². The molecule has 0 spiro atoms. The number of nitrogens with one attached hydrogen (secondary N) is 1. The molecule has 0 aliphatic heterocycles. The zero-order chi connectivity index (χ0) is 19.4. The minimum absolute atomic E-state index is 0.0340. The summed E-state index contributed by atoms with van der Waals surface area (Å²) in [5.74, 6) is -2.06. The summed E-state index contributed by atoms with van der Waals surface area (Å²) in [5, 5.41) is 19.5. The van der Waals surface area contributed by atoms with Crippen LogP contribution in [0.5, 0.6) is 0 Å². The number of aromatic carboxylic acids is 1. The van der Waals surface area contributed by atoms with Crippen LogP contribution in [0.2, 0.25) is 0 Å². The van der Waals surface area contributed by atoms with Gasteiger partial charge >= 0.3 is 5.97 Å². The van der Waals surface area contributed by atoms with E-state index in [1.807, 2.05) is 6.92 Å². The minimum Gasteiger partial charge on any atom is -0.478 e. The van der Waals surface area contributed by atoms with Gasteiger partial charge in [0.15, 0.2) is 11.5 Å². The van der Waals surface area contributed by atoms with Gasteiger partial charge in [0.05, 0.1) is 11.3 Å². The van der Waals surface area contributed by atoms with Crippen molar-refractivity contribution in [2.75, 3.05) is 5.32 Å². The summed E-state index contributed by atoms with van der Waals surface area (Å²) in [6.45, 7) is 1.86. The maximum atomic E-state index is 14.2. The highest BCUT2D eigenvalue weighted by atomic mass is 19.1. The first-order valence-electron chi connectivity index (χ1n) is 8.18. The van der Waals surface area contributed by atoms with Gasteiger partial charge in [-0.2, -0.15) is 0 Å². The first-order chi connectivity index (χ1) is 13.0. The number of benzene rings is 1. The second-order valence-corrected chi connectivity index (χ2v) is 5.75. The monoisotopic (exact) mass is 369 g/mol. The van der Waals surface area contributed by atoms with Gasteiger partial charge in [-0.05, 0) is 36.2 Å². The van der Waals surface area contributed by atoms with E-state index in [0.29, 0.717) is 18.7 Å². The number of rotatable bonds is 6. The van der Waals surface area contributed by atoms with E-state index in [4.69, 9.17) is 0 Å². The third-order valence-corrected chi connectivity index (χ3v) is 3.84. The molecule has 1 aromatic carbocycles. The minimum atomic E-state index is -1.26. The van der Waals surface area contributed by atoms with Crippen LogP contribution in [0.25, 0.3) is 5.82 Å². The molecule has 2 aromatic heterocycles. The lowest BCUT2D eigenvalue weighted by Crippen LogP contribution is -2.17. The van der Waals surface area contributed by atoms with Crippen molar-refractivity contribution in [2.45, 2.75) is 19.8 Å². The Kier molecular flexibility index (Phi) is 5.20. The number of imidazole rings is 1. The van der Waals surface area contributed by atoms with E-state index in [2.05, 4.69) is 20.5 Å². The van der Waals surface area contributed by atoms with Crippen LogP contribution >= 0.6 is 0 Å². The quantitative estimate of drug-likeness (QED) is 0.691. The Morgan fingerprint density at radius 3 is 2.67 bits per heavy atom. The summed E-state index contributed by atoms with van der Waals surface area (Å²) in [7, 11) is 0.